The molecule has 0 spiro atoms. The van der Waals surface area contributed by atoms with Crippen molar-refractivity contribution in [3.8, 4) is 0 Å². The molecule has 0 aromatic rings. The van der Waals surface area contributed by atoms with Gasteiger partial charge in [0, 0.05) is 13.2 Å². The van der Waals surface area contributed by atoms with Crippen molar-refractivity contribution in [2.45, 2.75) is 46.2 Å². The molecule has 2 atom stereocenters. The van der Waals surface area contributed by atoms with Crippen LogP contribution >= 0.6 is 0 Å². The first-order valence-electron chi connectivity index (χ1n) is 6.31. The third kappa shape index (κ3) is 12.1. The second kappa shape index (κ2) is 12.3. The van der Waals surface area contributed by atoms with Crippen LogP contribution in [0.15, 0.2) is 0 Å². The minimum Gasteiger partial charge on any atom is -0.379 e. The molecule has 0 bridgehead atoms. The van der Waals surface area contributed by atoms with Gasteiger partial charge < -0.3 is 24.1 Å². The molecule has 17 heavy (non-hydrogen) atoms. The summed E-state index contributed by atoms with van der Waals surface area (Å²) in [7, 11) is 0. The molecule has 0 aliphatic carbocycles. The molecule has 0 fully saturated rings. The Kier molecular flexibility index (Phi) is 12.1. The largest absolute Gasteiger partial charge is 0.379 e. The van der Waals surface area contributed by atoms with E-state index in [1.807, 2.05) is 6.92 Å². The molecule has 104 valence electrons. The molecule has 0 rings (SSSR count). The molecule has 0 saturated heterocycles. The van der Waals surface area contributed by atoms with Gasteiger partial charge in [0.05, 0.1) is 19.8 Å². The number of rotatable bonds is 12. The van der Waals surface area contributed by atoms with Crippen molar-refractivity contribution in [2.75, 3.05) is 33.0 Å². The van der Waals surface area contributed by atoms with Gasteiger partial charge in [0.25, 0.3) is 0 Å². The van der Waals surface area contributed by atoms with E-state index in [-0.39, 0.29) is 6.61 Å². The van der Waals surface area contributed by atoms with Crippen molar-refractivity contribution in [1.29, 1.82) is 0 Å². The van der Waals surface area contributed by atoms with Crippen molar-refractivity contribution in [3.05, 3.63) is 0 Å². The predicted molar refractivity (Wildman–Crippen MR) is 64.7 cm³/mol. The van der Waals surface area contributed by atoms with Crippen LogP contribution in [0.5, 0.6) is 0 Å². The maximum absolute atomic E-state index is 9.46. The van der Waals surface area contributed by atoms with E-state index in [2.05, 4.69) is 6.92 Å². The van der Waals surface area contributed by atoms with Gasteiger partial charge in [0.15, 0.2) is 12.6 Å². The fourth-order valence-electron chi connectivity index (χ4n) is 1.14. The van der Waals surface area contributed by atoms with Crippen LogP contribution in [-0.4, -0.2) is 50.7 Å². The summed E-state index contributed by atoms with van der Waals surface area (Å²) >= 11 is 0. The van der Waals surface area contributed by atoms with Crippen LogP contribution in [0.4, 0.5) is 0 Å². The van der Waals surface area contributed by atoms with E-state index >= 15 is 0 Å². The monoisotopic (exact) mass is 250 g/mol. The van der Waals surface area contributed by atoms with Gasteiger partial charge in [-0.25, -0.2) is 0 Å². The number of ether oxygens (including phenoxy) is 4. The highest BCUT2D eigenvalue weighted by atomic mass is 16.7. The smallest absolute Gasteiger partial charge is 0.181 e. The van der Waals surface area contributed by atoms with Crippen molar-refractivity contribution in [1.82, 2.24) is 0 Å². The molecule has 0 saturated carbocycles. The first kappa shape index (κ1) is 16.8. The topological polar surface area (TPSA) is 57.2 Å². The molecule has 0 aromatic carbocycles. The predicted octanol–water partition coefficient (Wildman–Crippen LogP) is 1.54. The summed E-state index contributed by atoms with van der Waals surface area (Å²) in [5.41, 5.74) is 0. The second-order valence-corrected chi connectivity index (χ2v) is 3.65. The van der Waals surface area contributed by atoms with E-state index in [1.165, 1.54) is 0 Å². The molecule has 0 amide bonds. The summed E-state index contributed by atoms with van der Waals surface area (Å²) in [4.78, 5) is 0. The molecule has 0 aromatic heterocycles. The van der Waals surface area contributed by atoms with Crippen LogP contribution in [0.2, 0.25) is 0 Å². The van der Waals surface area contributed by atoms with Gasteiger partial charge >= 0.3 is 0 Å². The second-order valence-electron chi connectivity index (χ2n) is 3.65. The van der Waals surface area contributed by atoms with E-state index in [9.17, 15) is 5.11 Å². The Labute approximate surface area is 104 Å². The van der Waals surface area contributed by atoms with Gasteiger partial charge in [-0.3, -0.25) is 0 Å². The average molecular weight is 250 g/mol. The fraction of sp³-hybridized carbons (Fsp3) is 1.00. The Morgan fingerprint density at radius 3 is 2.41 bits per heavy atom. The maximum Gasteiger partial charge on any atom is 0.181 e. The lowest BCUT2D eigenvalue weighted by atomic mass is 10.4. The van der Waals surface area contributed by atoms with E-state index in [4.69, 9.17) is 18.9 Å². The highest BCUT2D eigenvalue weighted by Crippen LogP contribution is 2.00. The summed E-state index contributed by atoms with van der Waals surface area (Å²) in [6.45, 7) is 8.22. The third-order valence-electron chi connectivity index (χ3n) is 2.04. The average Bonchev–Trinajstić information content (AvgIpc) is 2.29. The van der Waals surface area contributed by atoms with Gasteiger partial charge in [-0.05, 0) is 20.3 Å². The molecular weight excluding hydrogens is 224 g/mol. The van der Waals surface area contributed by atoms with Crippen LogP contribution in [-0.2, 0) is 18.9 Å². The molecule has 1 N–H and O–H groups in total. The zero-order valence-corrected chi connectivity index (χ0v) is 11.2. The molecule has 5 nitrogen and oxygen atoms in total. The van der Waals surface area contributed by atoms with Crippen LogP contribution in [0, 0.1) is 0 Å². The van der Waals surface area contributed by atoms with Gasteiger partial charge in [-0.15, -0.1) is 0 Å². The lowest BCUT2D eigenvalue weighted by Gasteiger charge is -2.18. The van der Waals surface area contributed by atoms with Gasteiger partial charge in [-0.1, -0.05) is 13.3 Å². The Bertz CT molecular complexity index is 154. The first-order valence-corrected chi connectivity index (χ1v) is 6.31. The lowest BCUT2D eigenvalue weighted by molar-refractivity contribution is -0.235. The summed E-state index contributed by atoms with van der Waals surface area (Å²) in [6, 6.07) is 0. The van der Waals surface area contributed by atoms with E-state index in [0.29, 0.717) is 26.4 Å². The Hall–Kier alpha value is -0.200. The van der Waals surface area contributed by atoms with Crippen molar-refractivity contribution in [2.24, 2.45) is 0 Å². The summed E-state index contributed by atoms with van der Waals surface area (Å²) in [5, 5.41) is 9.46. The molecule has 0 heterocycles. The number of aliphatic hydroxyl groups is 1. The Morgan fingerprint density at radius 1 is 1.06 bits per heavy atom. The Morgan fingerprint density at radius 2 is 1.76 bits per heavy atom. The van der Waals surface area contributed by atoms with Gasteiger partial charge in [0.1, 0.15) is 0 Å². The summed E-state index contributed by atoms with van der Waals surface area (Å²) in [6.07, 6.45) is 0.713. The standard InChI is InChI=1S/C12H26O5/c1-4-6-7-16-11(3)17-12(13)10-15-9-8-14-5-2/h11-13H,4-10H2,1-3H3. The molecule has 2 unspecified atom stereocenters. The number of hydrogen-bond donors (Lipinski definition) is 1. The van der Waals surface area contributed by atoms with Crippen LogP contribution in [0.25, 0.3) is 0 Å². The Balaban J connectivity index is 3.34. The van der Waals surface area contributed by atoms with E-state index in [1.54, 1.807) is 6.92 Å². The number of aliphatic hydroxyl groups excluding tert-OH is 1. The van der Waals surface area contributed by atoms with Crippen LogP contribution < -0.4 is 0 Å². The van der Waals surface area contributed by atoms with Crippen molar-refractivity contribution < 1.29 is 24.1 Å². The minimum absolute atomic E-state index is 0.133. The maximum atomic E-state index is 9.46. The van der Waals surface area contributed by atoms with Crippen molar-refractivity contribution in [3.63, 3.8) is 0 Å². The molecular formula is C12H26O5. The summed E-state index contributed by atoms with van der Waals surface area (Å²) in [5.74, 6) is 0. The zero-order chi connectivity index (χ0) is 12.9. The lowest BCUT2D eigenvalue weighted by Crippen LogP contribution is -2.27. The molecule has 0 aliphatic rings. The minimum atomic E-state index is -0.951. The zero-order valence-electron chi connectivity index (χ0n) is 11.2. The number of hydrogen-bond acceptors (Lipinski definition) is 5. The molecule has 5 heteroatoms. The molecule has 0 radical (unpaired) electrons. The van der Waals surface area contributed by atoms with Gasteiger partial charge in [0.2, 0.25) is 0 Å². The highest BCUT2D eigenvalue weighted by molar-refractivity contribution is 4.41. The van der Waals surface area contributed by atoms with Gasteiger partial charge in [-0.2, -0.15) is 0 Å². The van der Waals surface area contributed by atoms with E-state index < -0.39 is 12.6 Å². The van der Waals surface area contributed by atoms with Crippen LogP contribution in [0.3, 0.4) is 0 Å². The van der Waals surface area contributed by atoms with E-state index in [0.717, 1.165) is 12.8 Å². The third-order valence-corrected chi connectivity index (χ3v) is 2.04. The molecule has 0 aliphatic heterocycles. The highest BCUT2D eigenvalue weighted by Gasteiger charge is 2.10. The normalized spacial score (nSPS) is 14.8. The first-order chi connectivity index (χ1) is 8.20. The number of unbranched alkanes of at least 4 members (excludes halogenated alkanes) is 1. The quantitative estimate of drug-likeness (QED) is 0.420. The SMILES string of the molecule is CCCCOC(C)OC(O)COCCOCC. The van der Waals surface area contributed by atoms with Crippen LogP contribution in [0.1, 0.15) is 33.6 Å². The van der Waals surface area contributed by atoms with Crippen molar-refractivity contribution >= 4 is 0 Å². The fourth-order valence-corrected chi connectivity index (χ4v) is 1.14. The summed E-state index contributed by atoms with van der Waals surface area (Å²) < 4.78 is 20.8.